The van der Waals surface area contributed by atoms with Crippen LogP contribution in [0.5, 0.6) is 0 Å². The highest BCUT2D eigenvalue weighted by atomic mass is 16.3. The van der Waals surface area contributed by atoms with E-state index in [0.29, 0.717) is 0 Å². The van der Waals surface area contributed by atoms with Crippen molar-refractivity contribution in [3.05, 3.63) is 29.5 Å². The Morgan fingerprint density at radius 3 is 2.32 bits per heavy atom. The average Bonchev–Trinajstić information content (AvgIpc) is 2.66. The largest absolute Gasteiger partial charge is 0.386 e. The Bertz CT molecular complexity index is 550. The molecule has 1 unspecified atom stereocenters. The molecule has 19 heavy (non-hydrogen) atoms. The van der Waals surface area contributed by atoms with Crippen molar-refractivity contribution in [3.63, 3.8) is 0 Å². The lowest BCUT2D eigenvalue weighted by Crippen LogP contribution is -2.18. The van der Waals surface area contributed by atoms with Crippen LogP contribution in [-0.2, 0) is 7.05 Å². The number of aliphatic hydroxyl groups is 1. The fraction of sp³-hybridized carbons (Fsp3) is 0.562. The van der Waals surface area contributed by atoms with E-state index in [1.807, 2.05) is 46.3 Å². The predicted molar refractivity (Wildman–Crippen MR) is 81.2 cm³/mol. The van der Waals surface area contributed by atoms with Crippen LogP contribution in [0.3, 0.4) is 0 Å². The smallest absolute Gasteiger partial charge is 0.103 e. The van der Waals surface area contributed by atoms with Gasteiger partial charge in [-0.05, 0) is 24.5 Å². The second kappa shape index (κ2) is 5.74. The van der Waals surface area contributed by atoms with Gasteiger partial charge in [0.15, 0.2) is 0 Å². The first-order valence-corrected chi connectivity index (χ1v) is 6.92. The minimum Gasteiger partial charge on any atom is -0.386 e. The van der Waals surface area contributed by atoms with E-state index in [1.165, 1.54) is 5.56 Å². The van der Waals surface area contributed by atoms with E-state index < -0.39 is 6.10 Å². The molecule has 1 N–H and O–H groups in total. The molecule has 3 nitrogen and oxygen atoms in total. The van der Waals surface area contributed by atoms with Crippen LogP contribution < -0.4 is 0 Å². The number of hydrogen-bond donors (Lipinski definition) is 1. The van der Waals surface area contributed by atoms with Gasteiger partial charge in [0.25, 0.3) is 0 Å². The van der Waals surface area contributed by atoms with Gasteiger partial charge in [-0.3, -0.25) is 4.68 Å². The van der Waals surface area contributed by atoms with Crippen molar-refractivity contribution >= 4 is 10.9 Å². The van der Waals surface area contributed by atoms with Crippen molar-refractivity contribution in [2.24, 2.45) is 12.5 Å². The van der Waals surface area contributed by atoms with Gasteiger partial charge in [0.05, 0.1) is 11.2 Å². The number of aromatic nitrogens is 2. The highest BCUT2D eigenvalue weighted by Crippen LogP contribution is 2.35. The minimum absolute atomic E-state index is 0.203. The van der Waals surface area contributed by atoms with Gasteiger partial charge in [0, 0.05) is 12.4 Å². The Labute approximate surface area is 116 Å². The Hall–Kier alpha value is -1.35. The molecule has 1 heterocycles. The van der Waals surface area contributed by atoms with Crippen molar-refractivity contribution in [3.8, 4) is 0 Å². The maximum Gasteiger partial charge on any atom is 0.103 e. The highest BCUT2D eigenvalue weighted by molar-refractivity contribution is 5.83. The molecule has 0 bridgehead atoms. The molecule has 0 saturated carbocycles. The van der Waals surface area contributed by atoms with Crippen molar-refractivity contribution in [2.75, 3.05) is 0 Å². The zero-order valence-electron chi connectivity index (χ0n) is 13.2. The molecule has 2 rings (SSSR count). The summed E-state index contributed by atoms with van der Waals surface area (Å²) in [5.41, 5.74) is 2.82. The van der Waals surface area contributed by atoms with E-state index in [2.05, 4.69) is 30.2 Å². The fourth-order valence-electron chi connectivity index (χ4n) is 2.02. The van der Waals surface area contributed by atoms with Crippen LogP contribution in [0.15, 0.2) is 18.2 Å². The number of aliphatic hydroxyl groups excluding tert-OH is 1. The molecule has 0 radical (unpaired) electrons. The third kappa shape index (κ3) is 3.16. The second-order valence-electron chi connectivity index (χ2n) is 5.80. The molecule has 0 aliphatic rings. The number of aryl methyl sites for hydroxylation is 2. The normalized spacial score (nSPS) is 13.1. The number of rotatable bonds is 1. The number of nitrogens with zero attached hydrogens (tertiary/aromatic N) is 2. The second-order valence-corrected chi connectivity index (χ2v) is 5.80. The standard InChI is InChI=1S/C14H20N2O.C2H6/c1-9-6-7-11-10(8-9)12(15-16(11)5)13(17)14(2,3)4;1-2/h6-8,13,17H,1-5H3;1-2H3. The lowest BCUT2D eigenvalue weighted by atomic mass is 9.86. The summed E-state index contributed by atoms with van der Waals surface area (Å²) in [5, 5.41) is 15.9. The van der Waals surface area contributed by atoms with Crippen molar-refractivity contribution in [2.45, 2.75) is 47.6 Å². The first-order chi connectivity index (χ1) is 8.80. The molecule has 0 spiro atoms. The van der Waals surface area contributed by atoms with Crippen LogP contribution in [-0.4, -0.2) is 14.9 Å². The minimum atomic E-state index is -0.548. The maximum atomic E-state index is 10.4. The van der Waals surface area contributed by atoms with E-state index in [0.717, 1.165) is 16.6 Å². The van der Waals surface area contributed by atoms with Crippen LogP contribution in [0, 0.1) is 12.3 Å². The molecule has 0 saturated heterocycles. The number of fused-ring (bicyclic) bond motifs is 1. The summed E-state index contributed by atoms with van der Waals surface area (Å²) in [4.78, 5) is 0. The van der Waals surface area contributed by atoms with E-state index >= 15 is 0 Å². The van der Waals surface area contributed by atoms with E-state index in [9.17, 15) is 5.11 Å². The average molecular weight is 262 g/mol. The van der Waals surface area contributed by atoms with E-state index in [1.54, 1.807) is 0 Å². The molecule has 1 atom stereocenters. The molecule has 0 fully saturated rings. The molecule has 0 aliphatic carbocycles. The third-order valence-electron chi connectivity index (χ3n) is 3.11. The Kier molecular flexibility index (Phi) is 4.75. The van der Waals surface area contributed by atoms with Gasteiger partial charge in [0.2, 0.25) is 0 Å². The van der Waals surface area contributed by atoms with Crippen LogP contribution in [0.25, 0.3) is 10.9 Å². The summed E-state index contributed by atoms with van der Waals surface area (Å²) in [5.74, 6) is 0. The zero-order chi connectivity index (χ0) is 14.8. The van der Waals surface area contributed by atoms with Crippen molar-refractivity contribution in [1.29, 1.82) is 0 Å². The van der Waals surface area contributed by atoms with Gasteiger partial charge >= 0.3 is 0 Å². The first kappa shape index (κ1) is 15.7. The summed E-state index contributed by atoms with van der Waals surface area (Å²) in [6, 6.07) is 6.21. The maximum absolute atomic E-state index is 10.4. The SMILES string of the molecule is CC.Cc1ccc2c(c1)c(C(O)C(C)(C)C)nn2C. The van der Waals surface area contributed by atoms with Gasteiger partial charge in [0.1, 0.15) is 6.10 Å². The fourth-order valence-corrected chi connectivity index (χ4v) is 2.02. The van der Waals surface area contributed by atoms with E-state index in [4.69, 9.17) is 0 Å². The number of hydrogen-bond acceptors (Lipinski definition) is 2. The van der Waals surface area contributed by atoms with Gasteiger partial charge in [-0.15, -0.1) is 0 Å². The molecule has 1 aromatic carbocycles. The summed E-state index contributed by atoms with van der Waals surface area (Å²) in [6.45, 7) is 12.1. The van der Waals surface area contributed by atoms with Crippen molar-refractivity contribution < 1.29 is 5.11 Å². The van der Waals surface area contributed by atoms with Crippen LogP contribution >= 0.6 is 0 Å². The topological polar surface area (TPSA) is 38.1 Å². The summed E-state index contributed by atoms with van der Waals surface area (Å²) >= 11 is 0. The quantitative estimate of drug-likeness (QED) is 0.844. The Balaban J connectivity index is 0.000000861. The van der Waals surface area contributed by atoms with E-state index in [-0.39, 0.29) is 5.41 Å². The van der Waals surface area contributed by atoms with Crippen LogP contribution in [0.2, 0.25) is 0 Å². The molecular formula is C16H26N2O. The highest BCUT2D eigenvalue weighted by Gasteiger charge is 2.28. The van der Waals surface area contributed by atoms with Crippen molar-refractivity contribution in [1.82, 2.24) is 9.78 Å². The number of benzene rings is 1. The molecule has 1 aromatic heterocycles. The molecule has 106 valence electrons. The van der Waals surface area contributed by atoms with Crippen LogP contribution in [0.4, 0.5) is 0 Å². The summed E-state index contributed by atoms with van der Waals surface area (Å²) in [7, 11) is 1.91. The predicted octanol–water partition coefficient (Wildman–Crippen LogP) is 3.99. The van der Waals surface area contributed by atoms with Crippen LogP contribution in [0.1, 0.15) is 52.0 Å². The summed E-state index contributed by atoms with van der Waals surface area (Å²) in [6.07, 6.45) is -0.548. The molecule has 3 heteroatoms. The third-order valence-corrected chi connectivity index (χ3v) is 3.11. The van der Waals surface area contributed by atoms with Gasteiger partial charge in [-0.1, -0.05) is 46.2 Å². The Morgan fingerprint density at radius 1 is 1.21 bits per heavy atom. The lowest BCUT2D eigenvalue weighted by molar-refractivity contribution is 0.0596. The molecule has 2 aromatic rings. The van der Waals surface area contributed by atoms with Gasteiger partial charge in [-0.25, -0.2) is 0 Å². The first-order valence-electron chi connectivity index (χ1n) is 6.92. The monoisotopic (exact) mass is 262 g/mol. The Morgan fingerprint density at radius 2 is 1.79 bits per heavy atom. The molecular weight excluding hydrogens is 236 g/mol. The summed E-state index contributed by atoms with van der Waals surface area (Å²) < 4.78 is 1.83. The lowest BCUT2D eigenvalue weighted by Gasteiger charge is -2.24. The zero-order valence-corrected chi connectivity index (χ0v) is 13.2. The molecule has 0 aliphatic heterocycles. The van der Waals surface area contributed by atoms with Gasteiger partial charge < -0.3 is 5.11 Å². The molecule has 0 amide bonds. The van der Waals surface area contributed by atoms with Gasteiger partial charge in [-0.2, -0.15) is 5.10 Å².